The molecule has 0 aromatic rings. The van der Waals surface area contributed by atoms with Gasteiger partial charge in [0.05, 0.1) is 0 Å². The highest BCUT2D eigenvalue weighted by Gasteiger charge is 2.27. The molecule has 2 fully saturated rings. The lowest BCUT2D eigenvalue weighted by molar-refractivity contribution is 0.143. The van der Waals surface area contributed by atoms with E-state index in [4.69, 9.17) is 0 Å². The molecule has 0 aromatic heterocycles. The van der Waals surface area contributed by atoms with Crippen LogP contribution >= 0.6 is 0 Å². The van der Waals surface area contributed by atoms with Crippen molar-refractivity contribution in [2.45, 2.75) is 77.9 Å². The van der Waals surface area contributed by atoms with E-state index in [-0.39, 0.29) is 0 Å². The fraction of sp³-hybridized carbons (Fsp3) is 1.00. The first kappa shape index (κ1) is 14.3. The largest absolute Gasteiger partial charge is 0.311 e. The minimum atomic E-state index is 0.723. The van der Waals surface area contributed by atoms with Gasteiger partial charge in [-0.2, -0.15) is 0 Å². The van der Waals surface area contributed by atoms with Gasteiger partial charge >= 0.3 is 0 Å². The number of hydrogen-bond donors (Lipinski definition) is 1. The van der Waals surface area contributed by atoms with Crippen molar-refractivity contribution in [2.24, 2.45) is 11.8 Å². The average Bonchev–Trinajstić information content (AvgIpc) is 2.28. The van der Waals surface area contributed by atoms with Crippen molar-refractivity contribution >= 4 is 0 Å². The summed E-state index contributed by atoms with van der Waals surface area (Å²) in [5.41, 5.74) is 0. The van der Waals surface area contributed by atoms with E-state index in [0.29, 0.717) is 0 Å². The van der Waals surface area contributed by atoms with E-state index in [9.17, 15) is 0 Å². The Morgan fingerprint density at radius 3 is 1.94 bits per heavy atom. The van der Waals surface area contributed by atoms with E-state index in [1.54, 1.807) is 0 Å². The van der Waals surface area contributed by atoms with Crippen LogP contribution in [0, 0.1) is 11.8 Å². The molecule has 2 aliphatic rings. The standard InChI is InChI=1S/C16H32N2/c1-12(2)18-7-5-15(6-8-18)17-16-10-13(3)9-14(4)11-16/h12-17H,5-11H2,1-4H3. The van der Waals surface area contributed by atoms with Crippen LogP contribution in [0.5, 0.6) is 0 Å². The van der Waals surface area contributed by atoms with Crippen LogP contribution in [0.1, 0.15) is 59.8 Å². The van der Waals surface area contributed by atoms with Crippen molar-refractivity contribution in [3.05, 3.63) is 0 Å². The predicted molar refractivity (Wildman–Crippen MR) is 78.8 cm³/mol. The second-order valence-electron chi connectivity index (χ2n) is 7.19. The Bertz CT molecular complexity index is 233. The minimum absolute atomic E-state index is 0.723. The van der Waals surface area contributed by atoms with E-state index in [1.165, 1.54) is 45.2 Å². The van der Waals surface area contributed by atoms with E-state index >= 15 is 0 Å². The molecule has 1 N–H and O–H groups in total. The lowest BCUT2D eigenvalue weighted by atomic mass is 9.80. The fourth-order valence-corrected chi connectivity index (χ4v) is 4.00. The Balaban J connectivity index is 1.74. The summed E-state index contributed by atoms with van der Waals surface area (Å²) in [6.07, 6.45) is 6.92. The number of piperidine rings is 1. The van der Waals surface area contributed by atoms with E-state index in [1.807, 2.05) is 0 Å². The van der Waals surface area contributed by atoms with Gasteiger partial charge in [0.1, 0.15) is 0 Å². The van der Waals surface area contributed by atoms with Gasteiger partial charge in [-0.15, -0.1) is 0 Å². The van der Waals surface area contributed by atoms with Crippen molar-refractivity contribution in [3.8, 4) is 0 Å². The molecule has 2 rings (SSSR count). The zero-order valence-corrected chi connectivity index (χ0v) is 12.8. The smallest absolute Gasteiger partial charge is 0.00940 e. The average molecular weight is 252 g/mol. The third-order valence-corrected chi connectivity index (χ3v) is 4.91. The lowest BCUT2D eigenvalue weighted by Crippen LogP contribution is -2.49. The van der Waals surface area contributed by atoms with Crippen LogP contribution in [0.4, 0.5) is 0 Å². The van der Waals surface area contributed by atoms with Gasteiger partial charge in [-0.3, -0.25) is 0 Å². The molecule has 0 radical (unpaired) electrons. The van der Waals surface area contributed by atoms with Gasteiger partial charge < -0.3 is 10.2 Å². The molecule has 0 bridgehead atoms. The van der Waals surface area contributed by atoms with Crippen LogP contribution < -0.4 is 5.32 Å². The van der Waals surface area contributed by atoms with Crippen LogP contribution in [0.25, 0.3) is 0 Å². The molecule has 0 amide bonds. The Morgan fingerprint density at radius 2 is 1.44 bits per heavy atom. The van der Waals surface area contributed by atoms with Gasteiger partial charge in [-0.1, -0.05) is 13.8 Å². The SMILES string of the molecule is CC1CC(C)CC(NC2CCN(C(C)C)CC2)C1. The number of nitrogens with zero attached hydrogens (tertiary/aromatic N) is 1. The molecule has 18 heavy (non-hydrogen) atoms. The third-order valence-electron chi connectivity index (χ3n) is 4.91. The molecule has 2 heteroatoms. The van der Waals surface area contributed by atoms with Gasteiger partial charge in [0.2, 0.25) is 0 Å². The van der Waals surface area contributed by atoms with Crippen molar-refractivity contribution in [2.75, 3.05) is 13.1 Å². The maximum atomic E-state index is 3.95. The van der Waals surface area contributed by atoms with E-state index in [2.05, 4.69) is 37.9 Å². The third kappa shape index (κ3) is 3.96. The Morgan fingerprint density at radius 1 is 0.889 bits per heavy atom. The maximum Gasteiger partial charge on any atom is 0.00940 e. The summed E-state index contributed by atoms with van der Waals surface area (Å²) in [6.45, 7) is 12.0. The molecule has 2 atom stereocenters. The lowest BCUT2D eigenvalue weighted by Gasteiger charge is -2.39. The summed E-state index contributed by atoms with van der Waals surface area (Å²) in [4.78, 5) is 2.62. The molecule has 1 heterocycles. The monoisotopic (exact) mass is 252 g/mol. The summed E-state index contributed by atoms with van der Waals surface area (Å²) >= 11 is 0. The van der Waals surface area contributed by atoms with Gasteiger partial charge in [-0.05, 0) is 70.9 Å². The van der Waals surface area contributed by atoms with Crippen LogP contribution in [0.2, 0.25) is 0 Å². The molecule has 2 nitrogen and oxygen atoms in total. The van der Waals surface area contributed by atoms with Crippen LogP contribution in [-0.2, 0) is 0 Å². The van der Waals surface area contributed by atoms with Crippen molar-refractivity contribution in [3.63, 3.8) is 0 Å². The first-order chi connectivity index (χ1) is 8.54. The fourth-order valence-electron chi connectivity index (χ4n) is 4.00. The summed E-state index contributed by atoms with van der Waals surface area (Å²) < 4.78 is 0. The van der Waals surface area contributed by atoms with Crippen molar-refractivity contribution < 1.29 is 0 Å². The Kier molecular flexibility index (Phi) is 5.08. The topological polar surface area (TPSA) is 15.3 Å². The molecule has 0 spiro atoms. The van der Waals surface area contributed by atoms with Crippen molar-refractivity contribution in [1.82, 2.24) is 10.2 Å². The first-order valence-electron chi connectivity index (χ1n) is 8.04. The summed E-state index contributed by atoms with van der Waals surface area (Å²) in [5.74, 6) is 1.84. The minimum Gasteiger partial charge on any atom is -0.311 e. The number of rotatable bonds is 3. The molecule has 106 valence electrons. The molecule has 1 aliphatic carbocycles. The Labute approximate surface area is 114 Å². The maximum absolute atomic E-state index is 3.95. The van der Waals surface area contributed by atoms with Crippen LogP contribution in [0.3, 0.4) is 0 Å². The zero-order valence-electron chi connectivity index (χ0n) is 12.8. The number of nitrogens with one attached hydrogen (secondary N) is 1. The van der Waals surface area contributed by atoms with Gasteiger partial charge in [0, 0.05) is 18.1 Å². The van der Waals surface area contributed by atoms with Crippen molar-refractivity contribution in [1.29, 1.82) is 0 Å². The van der Waals surface area contributed by atoms with Crippen LogP contribution in [-0.4, -0.2) is 36.1 Å². The van der Waals surface area contributed by atoms with Gasteiger partial charge in [-0.25, -0.2) is 0 Å². The summed E-state index contributed by atoms with van der Waals surface area (Å²) in [7, 11) is 0. The second kappa shape index (κ2) is 6.38. The van der Waals surface area contributed by atoms with Gasteiger partial charge in [0.25, 0.3) is 0 Å². The quantitative estimate of drug-likeness (QED) is 0.829. The summed E-state index contributed by atoms with van der Waals surface area (Å²) in [6, 6.07) is 2.29. The Hall–Kier alpha value is -0.0800. The van der Waals surface area contributed by atoms with E-state index in [0.717, 1.165) is 30.0 Å². The molecule has 1 saturated carbocycles. The van der Waals surface area contributed by atoms with E-state index < -0.39 is 0 Å². The summed E-state index contributed by atoms with van der Waals surface area (Å²) in [5, 5.41) is 3.95. The molecular weight excluding hydrogens is 220 g/mol. The highest BCUT2D eigenvalue weighted by Crippen LogP contribution is 2.29. The highest BCUT2D eigenvalue weighted by atomic mass is 15.2. The molecule has 0 aromatic carbocycles. The predicted octanol–water partition coefficient (Wildman–Crippen LogP) is 3.27. The number of hydrogen-bond acceptors (Lipinski definition) is 2. The molecule has 2 unspecified atom stereocenters. The van der Waals surface area contributed by atoms with Gasteiger partial charge in [0.15, 0.2) is 0 Å². The molecule has 1 saturated heterocycles. The number of likely N-dealkylation sites (tertiary alicyclic amines) is 1. The first-order valence-corrected chi connectivity index (χ1v) is 8.04. The van der Waals surface area contributed by atoms with Crippen LogP contribution in [0.15, 0.2) is 0 Å². The second-order valence-corrected chi connectivity index (χ2v) is 7.19. The highest BCUT2D eigenvalue weighted by molar-refractivity contribution is 4.85. The normalized spacial score (nSPS) is 36.2. The zero-order chi connectivity index (χ0) is 13.1. The molecular formula is C16H32N2. The molecule has 1 aliphatic heterocycles.